The first-order chi connectivity index (χ1) is 9.60. The van der Waals surface area contributed by atoms with E-state index in [1.807, 2.05) is 0 Å². The smallest absolute Gasteiger partial charge is 0.170 e. The van der Waals surface area contributed by atoms with Crippen molar-refractivity contribution in [3.63, 3.8) is 0 Å². The van der Waals surface area contributed by atoms with Crippen LogP contribution in [-0.4, -0.2) is 11.0 Å². The third-order valence-electron chi connectivity index (χ3n) is 2.73. The van der Waals surface area contributed by atoms with Crippen molar-refractivity contribution >= 4 is 18.0 Å². The number of amidine groups is 1. The molecule has 0 amide bonds. The van der Waals surface area contributed by atoms with Gasteiger partial charge in [-0.25, -0.2) is 8.78 Å². The molecule has 0 aliphatic heterocycles. The minimum atomic E-state index is -0.880. The van der Waals surface area contributed by atoms with E-state index in [0.717, 1.165) is 17.7 Å². The van der Waals surface area contributed by atoms with E-state index in [-0.39, 0.29) is 5.84 Å². The predicted octanol–water partition coefficient (Wildman–Crippen LogP) is 3.23. The molecule has 0 fully saturated rings. The van der Waals surface area contributed by atoms with Gasteiger partial charge in [0.25, 0.3) is 0 Å². The van der Waals surface area contributed by atoms with E-state index in [0.29, 0.717) is 11.1 Å². The van der Waals surface area contributed by atoms with Gasteiger partial charge < -0.3 is 10.9 Å². The van der Waals surface area contributed by atoms with Crippen LogP contribution in [0.2, 0.25) is 0 Å². The summed E-state index contributed by atoms with van der Waals surface area (Å²) in [6.45, 7) is 0. The van der Waals surface area contributed by atoms with E-state index in [1.165, 1.54) is 6.07 Å². The van der Waals surface area contributed by atoms with Crippen LogP contribution in [0.15, 0.2) is 47.6 Å². The molecule has 5 heteroatoms. The molecule has 20 heavy (non-hydrogen) atoms. The zero-order chi connectivity index (χ0) is 14.5. The number of nitrogens with zero attached hydrogens (tertiary/aromatic N) is 1. The Balaban J connectivity index is 2.17. The monoisotopic (exact) mass is 274 g/mol. The number of nitrogens with two attached hydrogens (primary N) is 1. The second kappa shape index (κ2) is 5.97. The van der Waals surface area contributed by atoms with Crippen molar-refractivity contribution in [3.8, 4) is 0 Å². The molecule has 0 heterocycles. The lowest BCUT2D eigenvalue weighted by atomic mass is 10.1. The topological polar surface area (TPSA) is 58.6 Å². The van der Waals surface area contributed by atoms with Gasteiger partial charge in [-0.3, -0.25) is 0 Å². The van der Waals surface area contributed by atoms with Gasteiger partial charge in [-0.2, -0.15) is 0 Å². The normalized spacial score (nSPS) is 12.0. The average Bonchev–Trinajstić information content (AvgIpc) is 2.48. The van der Waals surface area contributed by atoms with Crippen LogP contribution in [0.25, 0.3) is 12.2 Å². The zero-order valence-corrected chi connectivity index (χ0v) is 10.4. The van der Waals surface area contributed by atoms with Crippen LogP contribution in [0.3, 0.4) is 0 Å². The molecule has 0 bridgehead atoms. The number of halogens is 2. The van der Waals surface area contributed by atoms with Crippen LogP contribution < -0.4 is 5.73 Å². The van der Waals surface area contributed by atoms with Gasteiger partial charge in [0, 0.05) is 5.56 Å². The molecular weight excluding hydrogens is 262 g/mol. The van der Waals surface area contributed by atoms with Crippen LogP contribution in [0.4, 0.5) is 8.78 Å². The van der Waals surface area contributed by atoms with Crippen molar-refractivity contribution in [2.45, 2.75) is 0 Å². The maximum absolute atomic E-state index is 13.0. The minimum Gasteiger partial charge on any atom is -0.409 e. The van der Waals surface area contributed by atoms with Gasteiger partial charge in [-0.1, -0.05) is 47.6 Å². The predicted molar refractivity (Wildman–Crippen MR) is 74.2 cm³/mol. The molecule has 3 N–H and O–H groups in total. The number of hydrogen-bond donors (Lipinski definition) is 2. The Hall–Kier alpha value is -2.69. The number of hydrogen-bond acceptors (Lipinski definition) is 2. The van der Waals surface area contributed by atoms with Crippen molar-refractivity contribution in [1.29, 1.82) is 0 Å². The summed E-state index contributed by atoms with van der Waals surface area (Å²) in [6.07, 6.45) is 3.42. The highest BCUT2D eigenvalue weighted by molar-refractivity contribution is 5.97. The molecule has 0 atom stereocenters. The highest BCUT2D eigenvalue weighted by Crippen LogP contribution is 2.13. The fraction of sp³-hybridized carbons (Fsp3) is 0. The highest BCUT2D eigenvalue weighted by atomic mass is 19.2. The molecule has 0 saturated heterocycles. The molecule has 0 spiro atoms. The molecule has 0 unspecified atom stereocenters. The fourth-order valence-electron chi connectivity index (χ4n) is 1.63. The summed E-state index contributed by atoms with van der Waals surface area (Å²) >= 11 is 0. The SMILES string of the molecule is N/C(=N\O)c1ccc(/C=C/c2ccc(F)c(F)c2)cc1. The first kappa shape index (κ1) is 13.7. The third kappa shape index (κ3) is 3.20. The quantitative estimate of drug-likeness (QED) is 0.297. The Kier molecular flexibility index (Phi) is 4.10. The largest absolute Gasteiger partial charge is 0.409 e. The summed E-state index contributed by atoms with van der Waals surface area (Å²) in [5, 5.41) is 11.4. The van der Waals surface area contributed by atoms with Crippen molar-refractivity contribution in [1.82, 2.24) is 0 Å². The summed E-state index contributed by atoms with van der Waals surface area (Å²) < 4.78 is 25.8. The Morgan fingerprint density at radius 3 is 2.15 bits per heavy atom. The molecule has 2 rings (SSSR count). The van der Waals surface area contributed by atoms with Gasteiger partial charge in [0.15, 0.2) is 17.5 Å². The molecule has 102 valence electrons. The average molecular weight is 274 g/mol. The van der Waals surface area contributed by atoms with Crippen molar-refractivity contribution < 1.29 is 14.0 Å². The molecule has 0 aromatic heterocycles. The third-order valence-corrected chi connectivity index (χ3v) is 2.73. The molecule has 0 aliphatic rings. The van der Waals surface area contributed by atoms with Crippen LogP contribution in [0.1, 0.15) is 16.7 Å². The van der Waals surface area contributed by atoms with Crippen molar-refractivity contribution in [3.05, 3.63) is 70.8 Å². The van der Waals surface area contributed by atoms with Crippen molar-refractivity contribution in [2.75, 3.05) is 0 Å². The van der Waals surface area contributed by atoms with Gasteiger partial charge in [0.05, 0.1) is 0 Å². The van der Waals surface area contributed by atoms with E-state index in [1.54, 1.807) is 36.4 Å². The molecule has 0 saturated carbocycles. The summed E-state index contributed by atoms with van der Waals surface area (Å²) in [6, 6.07) is 10.6. The molecule has 0 radical (unpaired) electrons. The summed E-state index contributed by atoms with van der Waals surface area (Å²) in [5.41, 5.74) is 7.45. The molecular formula is C15H12F2N2O. The van der Waals surface area contributed by atoms with E-state index in [4.69, 9.17) is 10.9 Å². The number of rotatable bonds is 3. The molecule has 2 aromatic carbocycles. The lowest BCUT2D eigenvalue weighted by Crippen LogP contribution is -2.12. The second-order valence-electron chi connectivity index (χ2n) is 4.11. The number of benzene rings is 2. The minimum absolute atomic E-state index is 0.0288. The first-order valence-electron chi connectivity index (χ1n) is 5.81. The standard InChI is InChI=1S/C15H12F2N2O/c16-13-8-5-11(9-14(13)17)2-1-10-3-6-12(7-4-10)15(18)19-20/h1-9,20H,(H2,18,19)/b2-1+. The van der Waals surface area contributed by atoms with E-state index in [2.05, 4.69) is 5.16 Å². The Bertz CT molecular complexity index is 664. The van der Waals surface area contributed by atoms with E-state index in [9.17, 15) is 8.78 Å². The zero-order valence-electron chi connectivity index (χ0n) is 10.4. The van der Waals surface area contributed by atoms with Crippen molar-refractivity contribution in [2.24, 2.45) is 10.9 Å². The summed E-state index contributed by atoms with van der Waals surface area (Å²) in [7, 11) is 0. The van der Waals surface area contributed by atoms with Gasteiger partial charge in [0.1, 0.15) is 0 Å². The van der Waals surface area contributed by atoms with E-state index >= 15 is 0 Å². The van der Waals surface area contributed by atoms with E-state index < -0.39 is 11.6 Å². The Labute approximate surface area is 114 Å². The van der Waals surface area contributed by atoms with Crippen LogP contribution in [0, 0.1) is 11.6 Å². The molecule has 0 aliphatic carbocycles. The van der Waals surface area contributed by atoms with Gasteiger partial charge in [0.2, 0.25) is 0 Å². The second-order valence-corrected chi connectivity index (χ2v) is 4.11. The van der Waals surface area contributed by atoms with Gasteiger partial charge >= 0.3 is 0 Å². The summed E-state index contributed by atoms with van der Waals surface area (Å²) in [5.74, 6) is -1.72. The Morgan fingerprint density at radius 1 is 0.950 bits per heavy atom. The molecule has 2 aromatic rings. The maximum atomic E-state index is 13.0. The Morgan fingerprint density at radius 2 is 1.55 bits per heavy atom. The first-order valence-corrected chi connectivity index (χ1v) is 5.81. The van der Waals surface area contributed by atoms with Gasteiger partial charge in [-0.15, -0.1) is 0 Å². The maximum Gasteiger partial charge on any atom is 0.170 e. The van der Waals surface area contributed by atoms with Crippen LogP contribution >= 0.6 is 0 Å². The molecule has 3 nitrogen and oxygen atoms in total. The lowest BCUT2D eigenvalue weighted by Gasteiger charge is -1.99. The lowest BCUT2D eigenvalue weighted by molar-refractivity contribution is 0.318. The van der Waals surface area contributed by atoms with Crippen LogP contribution in [0.5, 0.6) is 0 Å². The summed E-state index contributed by atoms with van der Waals surface area (Å²) in [4.78, 5) is 0. The van der Waals surface area contributed by atoms with Crippen LogP contribution in [-0.2, 0) is 0 Å². The number of oxime groups is 1. The fourth-order valence-corrected chi connectivity index (χ4v) is 1.63. The van der Waals surface area contributed by atoms with Gasteiger partial charge in [-0.05, 0) is 23.3 Å². The highest BCUT2D eigenvalue weighted by Gasteiger charge is 2.00.